The Morgan fingerprint density at radius 2 is 1.92 bits per heavy atom. The number of hydrogen-bond acceptors (Lipinski definition) is 4. The van der Waals surface area contributed by atoms with Crippen LogP contribution in [0.3, 0.4) is 0 Å². The molecule has 2 heterocycles. The van der Waals surface area contributed by atoms with Crippen LogP contribution < -0.4 is 15.0 Å². The van der Waals surface area contributed by atoms with Crippen LogP contribution in [0.1, 0.15) is 28.8 Å². The van der Waals surface area contributed by atoms with Crippen molar-refractivity contribution in [2.75, 3.05) is 25.1 Å². The molecule has 3 rings (SSSR count). The number of carbonyl (C=O) groups excluding carboxylic acids is 1. The zero-order valence-electron chi connectivity index (χ0n) is 13.9. The van der Waals surface area contributed by atoms with Gasteiger partial charge in [-0.3, -0.25) is 4.79 Å². The number of hydrogen-bond donors (Lipinski definition) is 1. The molecule has 0 atom stereocenters. The van der Waals surface area contributed by atoms with Crippen molar-refractivity contribution in [1.82, 2.24) is 10.3 Å². The van der Waals surface area contributed by atoms with Crippen molar-refractivity contribution in [2.45, 2.75) is 19.4 Å². The maximum absolute atomic E-state index is 12.4. The minimum atomic E-state index is -0.244. The summed E-state index contributed by atoms with van der Waals surface area (Å²) in [7, 11) is 1.48. The highest BCUT2D eigenvalue weighted by Crippen LogP contribution is 2.33. The van der Waals surface area contributed by atoms with Gasteiger partial charge in [-0.1, -0.05) is 23.2 Å². The summed E-state index contributed by atoms with van der Waals surface area (Å²) in [6, 6.07) is 7.00. The molecule has 1 fully saturated rings. The largest absolute Gasteiger partial charge is 0.494 e. The molecule has 1 N–H and O–H groups in total. The third-order valence-corrected chi connectivity index (χ3v) is 4.72. The van der Waals surface area contributed by atoms with Gasteiger partial charge in [0.25, 0.3) is 5.91 Å². The number of amides is 1. The van der Waals surface area contributed by atoms with Crippen LogP contribution in [0.15, 0.2) is 30.5 Å². The van der Waals surface area contributed by atoms with E-state index in [9.17, 15) is 4.79 Å². The summed E-state index contributed by atoms with van der Waals surface area (Å²) in [5.74, 6) is 1.08. The second kappa shape index (κ2) is 7.93. The Hall–Kier alpha value is -1.98. The minimum Gasteiger partial charge on any atom is -0.494 e. The van der Waals surface area contributed by atoms with E-state index in [4.69, 9.17) is 27.9 Å². The molecule has 2 aromatic rings. The predicted molar refractivity (Wildman–Crippen MR) is 99.9 cm³/mol. The van der Waals surface area contributed by atoms with Gasteiger partial charge in [-0.25, -0.2) is 4.98 Å². The van der Waals surface area contributed by atoms with Gasteiger partial charge in [0.05, 0.1) is 17.2 Å². The lowest BCUT2D eigenvalue weighted by molar-refractivity contribution is 0.0951. The normalized spacial score (nSPS) is 13.8. The van der Waals surface area contributed by atoms with E-state index in [2.05, 4.69) is 15.2 Å². The Bertz CT molecular complexity index is 754. The average molecular weight is 380 g/mol. The quantitative estimate of drug-likeness (QED) is 0.854. The second-order valence-corrected chi connectivity index (χ2v) is 6.69. The minimum absolute atomic E-state index is 0.244. The molecule has 0 aliphatic carbocycles. The van der Waals surface area contributed by atoms with E-state index in [1.807, 2.05) is 12.1 Å². The number of rotatable bonds is 5. The number of nitrogens with zero attached hydrogens (tertiary/aromatic N) is 2. The van der Waals surface area contributed by atoms with Crippen molar-refractivity contribution in [3.63, 3.8) is 0 Å². The summed E-state index contributed by atoms with van der Waals surface area (Å²) in [4.78, 5) is 19.0. The van der Waals surface area contributed by atoms with Crippen molar-refractivity contribution >= 4 is 34.9 Å². The van der Waals surface area contributed by atoms with Gasteiger partial charge in [-0.15, -0.1) is 0 Å². The molecule has 1 aliphatic rings. The number of nitrogens with one attached hydrogen (secondary N) is 1. The second-order valence-electron chi connectivity index (χ2n) is 5.87. The van der Waals surface area contributed by atoms with Gasteiger partial charge in [0, 0.05) is 31.4 Å². The summed E-state index contributed by atoms with van der Waals surface area (Å²) in [5, 5.41) is 3.49. The number of halogens is 2. The highest BCUT2D eigenvalue weighted by molar-refractivity contribution is 6.37. The van der Waals surface area contributed by atoms with Crippen molar-refractivity contribution < 1.29 is 9.53 Å². The SMILES string of the molecule is COc1c(Cl)cc(C(=O)NCc2ccnc(N3CCCC3)c2)cc1Cl. The van der Waals surface area contributed by atoms with Crippen LogP contribution in [0.5, 0.6) is 5.75 Å². The monoisotopic (exact) mass is 379 g/mol. The number of methoxy groups -OCH3 is 1. The standard InChI is InChI=1S/C18H19Cl2N3O2/c1-25-17-14(19)9-13(10-15(17)20)18(24)22-11-12-4-5-21-16(8-12)23-6-2-3-7-23/h4-5,8-10H,2-3,6-7,11H2,1H3,(H,22,24). The Morgan fingerprint density at radius 1 is 1.24 bits per heavy atom. The molecule has 0 radical (unpaired) electrons. The van der Waals surface area contributed by atoms with Crippen LogP contribution in [0.2, 0.25) is 10.0 Å². The molecule has 1 amide bonds. The predicted octanol–water partition coefficient (Wildman–Crippen LogP) is 3.93. The Labute approximate surface area is 156 Å². The van der Waals surface area contributed by atoms with Crippen molar-refractivity contribution in [1.29, 1.82) is 0 Å². The highest BCUT2D eigenvalue weighted by Gasteiger charge is 2.15. The van der Waals surface area contributed by atoms with E-state index in [0.717, 1.165) is 24.5 Å². The maximum Gasteiger partial charge on any atom is 0.251 e. The smallest absolute Gasteiger partial charge is 0.251 e. The van der Waals surface area contributed by atoms with Crippen LogP contribution in [-0.4, -0.2) is 31.1 Å². The molecule has 1 aliphatic heterocycles. The van der Waals surface area contributed by atoms with Crippen LogP contribution in [-0.2, 0) is 6.54 Å². The molecule has 1 aromatic carbocycles. The Kier molecular flexibility index (Phi) is 5.66. The molecule has 0 spiro atoms. The zero-order valence-corrected chi connectivity index (χ0v) is 15.4. The molecule has 25 heavy (non-hydrogen) atoms. The lowest BCUT2D eigenvalue weighted by Crippen LogP contribution is -2.23. The Balaban J connectivity index is 1.67. The highest BCUT2D eigenvalue weighted by atomic mass is 35.5. The fraction of sp³-hybridized carbons (Fsp3) is 0.333. The van der Waals surface area contributed by atoms with Crippen LogP contribution in [0.4, 0.5) is 5.82 Å². The van der Waals surface area contributed by atoms with Gasteiger partial charge >= 0.3 is 0 Å². The summed E-state index contributed by atoms with van der Waals surface area (Å²) >= 11 is 12.2. The van der Waals surface area contributed by atoms with E-state index >= 15 is 0 Å². The van der Waals surface area contributed by atoms with Crippen LogP contribution in [0, 0.1) is 0 Å². The fourth-order valence-electron chi connectivity index (χ4n) is 2.86. The zero-order chi connectivity index (χ0) is 17.8. The molecule has 5 nitrogen and oxygen atoms in total. The topological polar surface area (TPSA) is 54.5 Å². The maximum atomic E-state index is 12.4. The molecule has 1 aromatic heterocycles. The number of pyridine rings is 1. The Morgan fingerprint density at radius 3 is 2.56 bits per heavy atom. The summed E-state index contributed by atoms with van der Waals surface area (Å²) in [6.45, 7) is 2.47. The molecule has 0 saturated carbocycles. The van der Waals surface area contributed by atoms with Gasteiger partial charge in [-0.2, -0.15) is 0 Å². The van der Waals surface area contributed by atoms with E-state index in [0.29, 0.717) is 27.9 Å². The lowest BCUT2D eigenvalue weighted by atomic mass is 10.2. The van der Waals surface area contributed by atoms with Crippen molar-refractivity contribution in [3.8, 4) is 5.75 Å². The third kappa shape index (κ3) is 4.17. The lowest BCUT2D eigenvalue weighted by Gasteiger charge is -2.17. The number of aromatic nitrogens is 1. The molecule has 7 heteroatoms. The number of carbonyl (C=O) groups is 1. The van der Waals surface area contributed by atoms with Gasteiger partial charge in [0.2, 0.25) is 0 Å². The fourth-order valence-corrected chi connectivity index (χ4v) is 3.50. The summed E-state index contributed by atoms with van der Waals surface area (Å²) in [6.07, 6.45) is 4.17. The molecule has 0 bridgehead atoms. The first-order valence-corrected chi connectivity index (χ1v) is 8.85. The van der Waals surface area contributed by atoms with E-state index < -0.39 is 0 Å². The first-order chi connectivity index (χ1) is 12.1. The number of ether oxygens (including phenoxy) is 1. The molecule has 1 saturated heterocycles. The van der Waals surface area contributed by atoms with Crippen molar-refractivity contribution in [3.05, 3.63) is 51.6 Å². The van der Waals surface area contributed by atoms with E-state index in [1.54, 1.807) is 18.3 Å². The first-order valence-electron chi connectivity index (χ1n) is 8.09. The van der Waals surface area contributed by atoms with Gasteiger partial charge in [0.1, 0.15) is 5.82 Å². The van der Waals surface area contributed by atoms with Gasteiger partial charge in [0.15, 0.2) is 5.75 Å². The number of anilines is 1. The summed E-state index contributed by atoms with van der Waals surface area (Å²) in [5.41, 5.74) is 1.39. The first kappa shape index (κ1) is 17.8. The molecular formula is C18H19Cl2N3O2. The average Bonchev–Trinajstić information content (AvgIpc) is 3.14. The van der Waals surface area contributed by atoms with Crippen molar-refractivity contribution in [2.24, 2.45) is 0 Å². The van der Waals surface area contributed by atoms with Gasteiger partial charge in [-0.05, 0) is 42.7 Å². The molecule has 132 valence electrons. The van der Waals surface area contributed by atoms with Gasteiger partial charge < -0.3 is 15.0 Å². The number of benzene rings is 1. The molecule has 0 unspecified atom stereocenters. The van der Waals surface area contributed by atoms with Crippen LogP contribution in [0.25, 0.3) is 0 Å². The van der Waals surface area contributed by atoms with E-state index in [1.165, 1.54) is 20.0 Å². The van der Waals surface area contributed by atoms with E-state index in [-0.39, 0.29) is 5.91 Å². The summed E-state index contributed by atoms with van der Waals surface area (Å²) < 4.78 is 5.09. The van der Waals surface area contributed by atoms with Crippen LogP contribution >= 0.6 is 23.2 Å². The third-order valence-electron chi connectivity index (χ3n) is 4.16. The molecular weight excluding hydrogens is 361 g/mol.